The Hall–Kier alpha value is -3.43. The van der Waals surface area contributed by atoms with Gasteiger partial charge < -0.3 is 0 Å². The third kappa shape index (κ3) is 5.31. The number of nitriles is 1. The zero-order valence-electron chi connectivity index (χ0n) is 15.5. The number of hydrogen-bond donors (Lipinski definition) is 0. The van der Waals surface area contributed by atoms with Gasteiger partial charge in [-0.15, -0.1) is 11.8 Å². The number of rotatable bonds is 8. The molecule has 3 aromatic rings. The first-order chi connectivity index (χ1) is 14.1. The molecule has 144 valence electrons. The molecule has 0 saturated heterocycles. The molecule has 0 heterocycles. The van der Waals surface area contributed by atoms with E-state index in [4.69, 9.17) is 0 Å². The maximum Gasteiger partial charge on any atom is 0.270 e. The lowest BCUT2D eigenvalue weighted by Gasteiger charge is -2.22. The second-order valence-corrected chi connectivity index (χ2v) is 7.65. The number of nitro groups is 1. The first-order valence-electron chi connectivity index (χ1n) is 9.02. The highest BCUT2D eigenvalue weighted by Crippen LogP contribution is 2.36. The highest BCUT2D eigenvalue weighted by Gasteiger charge is 2.27. The lowest BCUT2D eigenvalue weighted by atomic mass is 9.89. The maximum absolute atomic E-state index is 12.9. The van der Waals surface area contributed by atoms with Crippen molar-refractivity contribution in [3.8, 4) is 6.07 Å². The molecule has 5 nitrogen and oxygen atoms in total. The molecular weight excluding hydrogens is 384 g/mol. The van der Waals surface area contributed by atoms with E-state index in [0.717, 1.165) is 10.5 Å². The van der Waals surface area contributed by atoms with Crippen LogP contribution < -0.4 is 0 Å². The van der Waals surface area contributed by atoms with E-state index in [1.165, 1.54) is 30.0 Å². The van der Waals surface area contributed by atoms with Crippen LogP contribution in [0.4, 0.5) is 5.69 Å². The van der Waals surface area contributed by atoms with Crippen molar-refractivity contribution in [3.63, 3.8) is 0 Å². The lowest BCUT2D eigenvalue weighted by Crippen LogP contribution is -2.18. The van der Waals surface area contributed by atoms with Crippen molar-refractivity contribution < 1.29 is 9.72 Å². The molecule has 0 aliphatic carbocycles. The molecule has 0 amide bonds. The second kappa shape index (κ2) is 9.67. The zero-order chi connectivity index (χ0) is 20.6. The third-order valence-corrected chi connectivity index (χ3v) is 5.74. The molecule has 0 N–H and O–H groups in total. The van der Waals surface area contributed by atoms with Crippen LogP contribution in [0.3, 0.4) is 0 Å². The van der Waals surface area contributed by atoms with Gasteiger partial charge >= 0.3 is 0 Å². The number of carbonyl (C=O) groups excluding carboxylic acids is 1. The van der Waals surface area contributed by atoms with Crippen LogP contribution in [-0.2, 0) is 0 Å². The number of benzene rings is 3. The molecule has 0 bridgehead atoms. The molecule has 0 fully saturated rings. The Morgan fingerprint density at radius 1 is 1.00 bits per heavy atom. The van der Waals surface area contributed by atoms with Crippen molar-refractivity contribution in [3.05, 3.63) is 106 Å². The van der Waals surface area contributed by atoms with E-state index in [1.54, 1.807) is 6.07 Å². The van der Waals surface area contributed by atoms with Crippen molar-refractivity contribution in [2.45, 2.75) is 22.5 Å². The number of carbonyl (C=O) groups is 1. The van der Waals surface area contributed by atoms with Gasteiger partial charge in [-0.1, -0.05) is 60.7 Å². The molecule has 0 aliphatic rings. The summed E-state index contributed by atoms with van der Waals surface area (Å²) in [5, 5.41) is 20.4. The number of Topliss-reactive ketones (excluding diaryl/α,β-unsaturated/α-hetero) is 1. The van der Waals surface area contributed by atoms with Gasteiger partial charge in [0.1, 0.15) is 5.25 Å². The topological polar surface area (TPSA) is 84.0 Å². The van der Waals surface area contributed by atoms with E-state index in [9.17, 15) is 20.2 Å². The van der Waals surface area contributed by atoms with Gasteiger partial charge in [-0.25, -0.2) is 0 Å². The number of hydrogen-bond acceptors (Lipinski definition) is 5. The first kappa shape index (κ1) is 20.3. The predicted octanol–water partition coefficient (Wildman–Crippen LogP) is 5.64. The average molecular weight is 402 g/mol. The van der Waals surface area contributed by atoms with Gasteiger partial charge in [-0.2, -0.15) is 5.26 Å². The van der Waals surface area contributed by atoms with Gasteiger partial charge in [-0.3, -0.25) is 14.9 Å². The van der Waals surface area contributed by atoms with E-state index < -0.39 is 10.2 Å². The minimum Gasteiger partial charge on any atom is -0.294 e. The van der Waals surface area contributed by atoms with Crippen molar-refractivity contribution in [1.29, 1.82) is 5.26 Å². The largest absolute Gasteiger partial charge is 0.294 e. The van der Waals surface area contributed by atoms with Crippen LogP contribution >= 0.6 is 11.8 Å². The van der Waals surface area contributed by atoms with Crippen LogP contribution in [-0.4, -0.2) is 16.0 Å². The summed E-state index contributed by atoms with van der Waals surface area (Å²) in [5.41, 5.74) is 1.05. The Kier molecular flexibility index (Phi) is 6.77. The highest BCUT2D eigenvalue weighted by atomic mass is 32.2. The molecule has 6 heteroatoms. The minimum absolute atomic E-state index is 0.0865. The summed E-state index contributed by atoms with van der Waals surface area (Å²) in [5.74, 6) is -0.574. The van der Waals surface area contributed by atoms with Crippen molar-refractivity contribution in [1.82, 2.24) is 0 Å². The molecule has 0 spiro atoms. The molecule has 0 aliphatic heterocycles. The van der Waals surface area contributed by atoms with Crippen LogP contribution in [0.2, 0.25) is 0 Å². The summed E-state index contributed by atoms with van der Waals surface area (Å²) >= 11 is 1.42. The first-order valence-corrected chi connectivity index (χ1v) is 9.90. The molecule has 2 atom stereocenters. The monoisotopic (exact) mass is 402 g/mol. The second-order valence-electron chi connectivity index (χ2n) is 6.43. The van der Waals surface area contributed by atoms with Crippen LogP contribution in [0.5, 0.6) is 0 Å². The minimum atomic E-state index is -0.519. The van der Waals surface area contributed by atoms with E-state index in [0.29, 0.717) is 0 Å². The van der Waals surface area contributed by atoms with Crippen molar-refractivity contribution in [2.24, 2.45) is 0 Å². The number of thioether (sulfide) groups is 1. The molecule has 3 rings (SSSR count). The lowest BCUT2D eigenvalue weighted by molar-refractivity contribution is -0.384. The zero-order valence-corrected chi connectivity index (χ0v) is 16.3. The fourth-order valence-corrected chi connectivity index (χ4v) is 4.13. The van der Waals surface area contributed by atoms with Gasteiger partial charge in [0.15, 0.2) is 5.78 Å². The summed E-state index contributed by atoms with van der Waals surface area (Å²) in [6.07, 6.45) is 0.0865. The summed E-state index contributed by atoms with van der Waals surface area (Å²) < 4.78 is 0. The Labute approximate surface area is 173 Å². The summed E-state index contributed by atoms with van der Waals surface area (Å²) in [6, 6.07) is 27.1. The standard InChI is InChI=1S/C23H18N2O3S/c24-16-23(29-20-12-5-2-6-13-20)21(17-8-3-1-4-9-17)15-22(26)18-10-7-11-19(14-18)25(27)28/h1-14,21,23H,15H2. The van der Waals surface area contributed by atoms with E-state index in [1.807, 2.05) is 60.7 Å². The normalized spacial score (nSPS) is 12.5. The molecule has 0 saturated carbocycles. The van der Waals surface area contributed by atoms with Crippen LogP contribution in [0, 0.1) is 21.4 Å². The number of nitro benzene ring substituents is 1. The summed E-state index contributed by atoms with van der Waals surface area (Å²) in [7, 11) is 0. The Balaban J connectivity index is 1.89. The SMILES string of the molecule is N#CC(Sc1ccccc1)C(CC(=O)c1cccc([N+](=O)[O-])c1)c1ccccc1. The Bertz CT molecular complexity index is 1030. The van der Waals surface area contributed by atoms with Crippen molar-refractivity contribution >= 4 is 23.2 Å². The van der Waals surface area contributed by atoms with Gasteiger partial charge in [-0.05, 0) is 17.7 Å². The summed E-state index contributed by atoms with van der Waals surface area (Å²) in [6.45, 7) is 0. The average Bonchev–Trinajstić information content (AvgIpc) is 2.77. The van der Waals surface area contributed by atoms with E-state index in [-0.39, 0.29) is 29.4 Å². The van der Waals surface area contributed by atoms with Gasteiger partial charge in [0, 0.05) is 34.9 Å². The van der Waals surface area contributed by atoms with Gasteiger partial charge in [0.25, 0.3) is 5.69 Å². The Morgan fingerprint density at radius 2 is 1.66 bits per heavy atom. The summed E-state index contributed by atoms with van der Waals surface area (Å²) in [4.78, 5) is 24.4. The molecule has 2 unspecified atom stereocenters. The maximum atomic E-state index is 12.9. The van der Waals surface area contributed by atoms with Gasteiger partial charge in [0.2, 0.25) is 0 Å². The number of ketones is 1. The predicted molar refractivity (Wildman–Crippen MR) is 113 cm³/mol. The molecular formula is C23H18N2O3S. The molecule has 29 heavy (non-hydrogen) atoms. The van der Waals surface area contributed by atoms with E-state index in [2.05, 4.69) is 6.07 Å². The molecule has 0 radical (unpaired) electrons. The fourth-order valence-electron chi connectivity index (χ4n) is 3.05. The quantitative estimate of drug-likeness (QED) is 0.211. The van der Waals surface area contributed by atoms with Crippen LogP contribution in [0.15, 0.2) is 89.8 Å². The van der Waals surface area contributed by atoms with Crippen LogP contribution in [0.25, 0.3) is 0 Å². The molecule has 3 aromatic carbocycles. The smallest absolute Gasteiger partial charge is 0.270 e. The highest BCUT2D eigenvalue weighted by molar-refractivity contribution is 8.00. The molecule has 0 aromatic heterocycles. The van der Waals surface area contributed by atoms with Crippen LogP contribution in [0.1, 0.15) is 28.3 Å². The fraction of sp³-hybridized carbons (Fsp3) is 0.130. The number of nitrogens with zero attached hydrogens (tertiary/aromatic N) is 2. The van der Waals surface area contributed by atoms with Crippen molar-refractivity contribution in [2.75, 3.05) is 0 Å². The number of non-ortho nitro benzene ring substituents is 1. The van der Waals surface area contributed by atoms with E-state index >= 15 is 0 Å². The Morgan fingerprint density at radius 3 is 2.28 bits per heavy atom. The van der Waals surface area contributed by atoms with Gasteiger partial charge in [0.05, 0.1) is 11.0 Å². The third-order valence-electron chi connectivity index (χ3n) is 4.51.